The number of carbonyl (C=O) groups excluding carboxylic acids is 2. The highest BCUT2D eigenvalue weighted by atomic mass is 16.5. The van der Waals surface area contributed by atoms with Gasteiger partial charge in [-0.15, -0.1) is 0 Å². The van der Waals surface area contributed by atoms with Crippen molar-refractivity contribution < 1.29 is 14.3 Å². The molecule has 1 aromatic heterocycles. The van der Waals surface area contributed by atoms with E-state index in [0.717, 1.165) is 0 Å². The molecule has 2 radical (unpaired) electrons. The summed E-state index contributed by atoms with van der Waals surface area (Å²) in [5, 5.41) is 0. The Morgan fingerprint density at radius 3 is 2.28 bits per heavy atom. The third-order valence-electron chi connectivity index (χ3n) is 1.88. The summed E-state index contributed by atoms with van der Waals surface area (Å²) >= 11 is 0. The Hall–Kier alpha value is -2.05. The summed E-state index contributed by atoms with van der Waals surface area (Å²) in [6.45, 7) is 3.51. The van der Waals surface area contributed by atoms with Gasteiger partial charge in [0.05, 0.1) is 12.8 Å². The van der Waals surface area contributed by atoms with E-state index in [-0.39, 0.29) is 17.6 Å². The van der Waals surface area contributed by atoms with E-state index in [1.165, 1.54) is 20.2 Å². The van der Waals surface area contributed by atoms with Crippen LogP contribution in [-0.4, -0.2) is 44.0 Å². The van der Waals surface area contributed by atoms with Crippen molar-refractivity contribution in [2.75, 3.05) is 14.2 Å². The highest BCUT2D eigenvalue weighted by Crippen LogP contribution is 2.06. The van der Waals surface area contributed by atoms with Crippen molar-refractivity contribution >= 4 is 25.6 Å². The molecule has 7 nitrogen and oxygen atoms in total. The first-order chi connectivity index (χ1) is 7.97. The van der Waals surface area contributed by atoms with Crippen LogP contribution in [0.2, 0.25) is 0 Å². The minimum absolute atomic E-state index is 0. The Kier molecular flexibility index (Phi) is 9.20. The molecule has 0 saturated heterocycles. The van der Waals surface area contributed by atoms with Crippen LogP contribution in [0.3, 0.4) is 0 Å². The van der Waals surface area contributed by atoms with E-state index in [9.17, 15) is 4.79 Å². The fraction of sp³-hybridized carbons (Fsp3) is 0.400. The number of aryl methyl sites for hydroxylation is 1. The second-order valence-corrected chi connectivity index (χ2v) is 2.95. The molecule has 1 aromatic rings. The van der Waals surface area contributed by atoms with Crippen LogP contribution in [0.1, 0.15) is 21.7 Å². The summed E-state index contributed by atoms with van der Waals surface area (Å²) in [5.74, 6) is -0.491. The zero-order chi connectivity index (χ0) is 13.4. The predicted octanol–water partition coefficient (Wildman–Crippen LogP) is -0.212. The molecule has 0 aliphatic heterocycles. The van der Waals surface area contributed by atoms with Crippen LogP contribution in [0.15, 0.2) is 4.99 Å². The lowest BCUT2D eigenvalue weighted by Crippen LogP contribution is -2.21. The first-order valence-electron chi connectivity index (χ1n) is 4.62. The van der Waals surface area contributed by atoms with Crippen molar-refractivity contribution in [1.29, 1.82) is 0 Å². The molecule has 96 valence electrons. The molecule has 3 N–H and O–H groups in total. The molecule has 18 heavy (non-hydrogen) atoms. The quantitative estimate of drug-likeness (QED) is 0.319. The van der Waals surface area contributed by atoms with Crippen LogP contribution >= 0.6 is 0 Å². The number of aliphatic imine (C=N–C) groups is 1. The van der Waals surface area contributed by atoms with Crippen LogP contribution in [0.5, 0.6) is 0 Å². The number of isocyanates is 1. The second-order valence-electron chi connectivity index (χ2n) is 2.95. The summed E-state index contributed by atoms with van der Waals surface area (Å²) in [5.41, 5.74) is 1.70. The van der Waals surface area contributed by atoms with Gasteiger partial charge in [-0.2, -0.15) is 0 Å². The largest absolute Gasteiger partial charge is 0.464 e. The number of nitrogens with zero attached hydrogens (tertiary/aromatic N) is 3. The first kappa shape index (κ1) is 18.3. The average Bonchev–Trinajstić information content (AvgIpc) is 2.33. The summed E-state index contributed by atoms with van der Waals surface area (Å²) in [4.78, 5) is 30.7. The van der Waals surface area contributed by atoms with E-state index in [1.54, 1.807) is 13.8 Å². The Bertz CT molecular complexity index is 459. The zero-order valence-electron chi connectivity index (χ0n) is 10.9. The number of ether oxygens (including phenoxy) is 1. The number of hydrogen-bond donors (Lipinski definition) is 1. The predicted molar refractivity (Wildman–Crippen MR) is 67.3 cm³/mol. The van der Waals surface area contributed by atoms with Gasteiger partial charge >= 0.3 is 5.97 Å². The normalized spacial score (nSPS) is 8.00. The maximum absolute atomic E-state index is 11.2. The van der Waals surface area contributed by atoms with Gasteiger partial charge in [0, 0.05) is 18.3 Å². The van der Waals surface area contributed by atoms with E-state index in [4.69, 9.17) is 12.6 Å². The van der Waals surface area contributed by atoms with E-state index < -0.39 is 5.97 Å². The molecule has 0 aliphatic rings. The third kappa shape index (κ3) is 5.33. The molecule has 0 unspecified atom stereocenters. The summed E-state index contributed by atoms with van der Waals surface area (Å²) in [7, 11) is 8.07. The van der Waals surface area contributed by atoms with E-state index in [0.29, 0.717) is 11.3 Å². The number of esters is 1. The fourth-order valence-electron chi connectivity index (χ4n) is 0.946. The SMILES string of the molecule is CN=C=O.N.[B]c1nc(C)c(C)c(C(=O)OC)n1. The molecule has 1 rings (SSSR count). The molecule has 0 aromatic carbocycles. The lowest BCUT2D eigenvalue weighted by Gasteiger charge is -2.06. The molecule has 0 atom stereocenters. The van der Waals surface area contributed by atoms with Gasteiger partial charge in [0.2, 0.25) is 6.08 Å². The van der Waals surface area contributed by atoms with E-state index in [1.807, 2.05) is 0 Å². The van der Waals surface area contributed by atoms with Crippen molar-refractivity contribution in [3.63, 3.8) is 0 Å². The van der Waals surface area contributed by atoms with Crippen LogP contribution in [-0.2, 0) is 9.53 Å². The monoisotopic (exact) mass is 250 g/mol. The van der Waals surface area contributed by atoms with Gasteiger partial charge in [0.1, 0.15) is 0 Å². The molecule has 1 heterocycles. The molecule has 0 spiro atoms. The van der Waals surface area contributed by atoms with E-state index in [2.05, 4.69) is 19.7 Å². The number of rotatable bonds is 1. The molecular formula is C10H15BN4O3. The lowest BCUT2D eigenvalue weighted by atomic mass is 10.1. The Morgan fingerprint density at radius 1 is 1.39 bits per heavy atom. The second kappa shape index (κ2) is 9.03. The van der Waals surface area contributed by atoms with Crippen molar-refractivity contribution in [1.82, 2.24) is 16.1 Å². The van der Waals surface area contributed by atoms with Gasteiger partial charge < -0.3 is 10.9 Å². The maximum atomic E-state index is 11.2. The van der Waals surface area contributed by atoms with Crippen molar-refractivity contribution in [3.05, 3.63) is 17.0 Å². The summed E-state index contributed by atoms with van der Waals surface area (Å²) < 4.78 is 4.54. The third-order valence-corrected chi connectivity index (χ3v) is 1.88. The molecule has 0 amide bonds. The number of methoxy groups -OCH3 is 1. The molecule has 0 fully saturated rings. The van der Waals surface area contributed by atoms with Crippen LogP contribution < -0.4 is 11.9 Å². The number of hydrogen-bond acceptors (Lipinski definition) is 7. The Morgan fingerprint density at radius 2 is 1.89 bits per heavy atom. The van der Waals surface area contributed by atoms with Gasteiger partial charge in [0.25, 0.3) is 0 Å². The minimum atomic E-state index is -0.491. The molecular weight excluding hydrogens is 235 g/mol. The maximum Gasteiger partial charge on any atom is 0.357 e. The highest BCUT2D eigenvalue weighted by molar-refractivity contribution is 6.29. The lowest BCUT2D eigenvalue weighted by molar-refractivity contribution is 0.0593. The van der Waals surface area contributed by atoms with Gasteiger partial charge in [-0.05, 0) is 13.8 Å². The fourth-order valence-corrected chi connectivity index (χ4v) is 0.946. The number of aromatic nitrogens is 2. The van der Waals surface area contributed by atoms with Crippen molar-refractivity contribution in [2.45, 2.75) is 13.8 Å². The molecule has 0 aliphatic carbocycles. The van der Waals surface area contributed by atoms with Gasteiger partial charge in [-0.25, -0.2) is 19.6 Å². The minimum Gasteiger partial charge on any atom is -0.464 e. The summed E-state index contributed by atoms with van der Waals surface area (Å²) in [6, 6.07) is 0. The van der Waals surface area contributed by atoms with Crippen LogP contribution in [0, 0.1) is 13.8 Å². The Balaban J connectivity index is 0. The average molecular weight is 250 g/mol. The highest BCUT2D eigenvalue weighted by Gasteiger charge is 2.13. The molecule has 0 bridgehead atoms. The van der Waals surface area contributed by atoms with Gasteiger partial charge in [-0.1, -0.05) is 0 Å². The van der Waals surface area contributed by atoms with Gasteiger partial charge in [0.15, 0.2) is 13.5 Å². The Labute approximate surface area is 107 Å². The number of carbonyl (C=O) groups is 1. The smallest absolute Gasteiger partial charge is 0.357 e. The molecule has 8 heteroatoms. The van der Waals surface area contributed by atoms with Crippen molar-refractivity contribution in [2.24, 2.45) is 4.99 Å². The van der Waals surface area contributed by atoms with Gasteiger partial charge in [-0.3, -0.25) is 4.98 Å². The van der Waals surface area contributed by atoms with Crippen molar-refractivity contribution in [3.8, 4) is 0 Å². The van der Waals surface area contributed by atoms with Crippen LogP contribution in [0.25, 0.3) is 0 Å². The van der Waals surface area contributed by atoms with Crippen LogP contribution in [0.4, 0.5) is 0 Å². The molecule has 0 saturated carbocycles. The van der Waals surface area contributed by atoms with E-state index >= 15 is 0 Å². The topological polar surface area (TPSA) is 117 Å². The zero-order valence-corrected chi connectivity index (χ0v) is 10.9. The standard InChI is InChI=1S/C8H9BN2O2.C2H3NO.H3N/c1-4-5(2)10-8(9)11-6(4)7(12)13-3;1-3-2-4;/h1-3H3;1H3;1H3. The first-order valence-corrected chi connectivity index (χ1v) is 4.62. The summed E-state index contributed by atoms with van der Waals surface area (Å²) in [6.07, 6.45) is 1.31.